The van der Waals surface area contributed by atoms with E-state index in [-0.39, 0.29) is 24.4 Å². The van der Waals surface area contributed by atoms with E-state index in [2.05, 4.69) is 42.8 Å². The number of carbonyl (C=O) groups excluding carboxylic acids is 1. The highest BCUT2D eigenvalue weighted by Crippen LogP contribution is 2.23. The van der Waals surface area contributed by atoms with Crippen molar-refractivity contribution in [3.8, 4) is 0 Å². The lowest BCUT2D eigenvalue weighted by atomic mass is 9.97. The number of piperazine rings is 1. The minimum atomic E-state index is -0.118. The van der Waals surface area contributed by atoms with Gasteiger partial charge in [0.2, 0.25) is 5.91 Å². The second kappa shape index (κ2) is 9.82. The van der Waals surface area contributed by atoms with E-state index in [4.69, 9.17) is 0 Å². The van der Waals surface area contributed by atoms with Gasteiger partial charge >= 0.3 is 0 Å². The fraction of sp³-hybridized carbons (Fsp3) is 0.591. The molecule has 1 aliphatic rings. The van der Waals surface area contributed by atoms with E-state index in [1.54, 1.807) is 6.92 Å². The van der Waals surface area contributed by atoms with Crippen molar-refractivity contribution >= 4 is 16.7 Å². The van der Waals surface area contributed by atoms with Crippen LogP contribution in [0.15, 0.2) is 29.1 Å². The summed E-state index contributed by atoms with van der Waals surface area (Å²) in [4.78, 5) is 27.0. The third-order valence-electron chi connectivity index (χ3n) is 5.14. The minimum absolute atomic E-state index is 0. The number of rotatable bonds is 2. The van der Waals surface area contributed by atoms with Gasteiger partial charge in [-0.1, -0.05) is 32.5 Å². The van der Waals surface area contributed by atoms with Gasteiger partial charge in [-0.15, -0.1) is 0 Å². The number of hydrogen-bond acceptors (Lipinski definition) is 4. The molecule has 0 spiro atoms. The molecule has 28 heavy (non-hydrogen) atoms. The van der Waals surface area contributed by atoms with Crippen molar-refractivity contribution in [2.45, 2.75) is 67.0 Å². The van der Waals surface area contributed by atoms with E-state index >= 15 is 0 Å². The standard InChI is InChI=1S/C11H22N2O.C10H10N2O.CH4/c1-9(2)13-7-6-12(10(3)14)8-11(13,4)5;1-2-9-7-5-3-4-6-8(7)10(13)12-11-9;/h9H,6-8H2,1-5H3;3-6H,2H2,1H3,(H,12,13);1H4. The first kappa shape index (κ1) is 23.8. The molecule has 3 rings (SSSR count). The van der Waals surface area contributed by atoms with Crippen LogP contribution >= 0.6 is 0 Å². The predicted molar refractivity (Wildman–Crippen MR) is 117 cm³/mol. The molecule has 1 saturated heterocycles. The van der Waals surface area contributed by atoms with Crippen LogP contribution in [0.2, 0.25) is 0 Å². The van der Waals surface area contributed by atoms with Crippen LogP contribution < -0.4 is 5.56 Å². The number of nitrogens with one attached hydrogen (secondary N) is 1. The molecule has 2 heterocycles. The molecule has 1 fully saturated rings. The molecule has 6 heteroatoms. The zero-order valence-electron chi connectivity index (χ0n) is 17.4. The highest BCUT2D eigenvalue weighted by molar-refractivity contribution is 5.83. The maximum Gasteiger partial charge on any atom is 0.272 e. The Hall–Kier alpha value is -2.21. The van der Waals surface area contributed by atoms with Gasteiger partial charge in [-0.3, -0.25) is 14.5 Å². The average Bonchev–Trinajstić information content (AvgIpc) is 2.61. The Bertz CT molecular complexity index is 842. The summed E-state index contributed by atoms with van der Waals surface area (Å²) < 4.78 is 0. The molecule has 0 bridgehead atoms. The molecule has 6 nitrogen and oxygen atoms in total. The molecule has 1 amide bonds. The van der Waals surface area contributed by atoms with Gasteiger partial charge in [0.25, 0.3) is 5.56 Å². The first-order valence-corrected chi connectivity index (χ1v) is 9.66. The van der Waals surface area contributed by atoms with Gasteiger partial charge < -0.3 is 4.90 Å². The molecular weight excluding hydrogens is 352 g/mol. The first-order chi connectivity index (χ1) is 12.7. The molecule has 156 valence electrons. The minimum Gasteiger partial charge on any atom is -0.340 e. The number of H-pyrrole nitrogens is 1. The van der Waals surface area contributed by atoms with E-state index in [0.29, 0.717) is 11.4 Å². The number of aryl methyl sites for hydroxylation is 1. The quantitative estimate of drug-likeness (QED) is 0.855. The number of nitrogens with zero attached hydrogens (tertiary/aromatic N) is 3. The maximum atomic E-state index is 11.3. The molecule has 1 aliphatic heterocycles. The molecule has 0 aliphatic carbocycles. The Labute approximate surface area is 168 Å². The Morgan fingerprint density at radius 2 is 1.82 bits per heavy atom. The number of aromatic nitrogens is 2. The Morgan fingerprint density at radius 1 is 1.21 bits per heavy atom. The van der Waals surface area contributed by atoms with Crippen LogP contribution in [0.4, 0.5) is 0 Å². The highest BCUT2D eigenvalue weighted by Gasteiger charge is 2.35. The molecule has 0 saturated carbocycles. The van der Waals surface area contributed by atoms with Gasteiger partial charge in [0, 0.05) is 43.5 Å². The number of carbonyl (C=O) groups is 1. The van der Waals surface area contributed by atoms with Crippen molar-refractivity contribution in [3.05, 3.63) is 40.3 Å². The van der Waals surface area contributed by atoms with Crippen molar-refractivity contribution in [1.29, 1.82) is 0 Å². The predicted octanol–water partition coefficient (Wildman–Crippen LogP) is 3.46. The molecular formula is C22H36N4O2. The van der Waals surface area contributed by atoms with Gasteiger partial charge in [-0.05, 0) is 40.2 Å². The van der Waals surface area contributed by atoms with E-state index < -0.39 is 0 Å². The molecule has 1 N–H and O–H groups in total. The monoisotopic (exact) mass is 388 g/mol. The van der Waals surface area contributed by atoms with Gasteiger partial charge in [0.1, 0.15) is 0 Å². The zero-order valence-corrected chi connectivity index (χ0v) is 17.4. The van der Waals surface area contributed by atoms with Crippen molar-refractivity contribution in [2.24, 2.45) is 0 Å². The third kappa shape index (κ3) is 5.41. The van der Waals surface area contributed by atoms with E-state index in [1.165, 1.54) is 0 Å². The summed E-state index contributed by atoms with van der Waals surface area (Å²) in [5, 5.41) is 8.15. The molecule has 1 aromatic heterocycles. The Morgan fingerprint density at radius 3 is 2.32 bits per heavy atom. The van der Waals surface area contributed by atoms with Crippen LogP contribution in [-0.2, 0) is 11.2 Å². The summed E-state index contributed by atoms with van der Waals surface area (Å²) in [5.41, 5.74) is 0.931. The van der Waals surface area contributed by atoms with E-state index in [1.807, 2.05) is 36.1 Å². The van der Waals surface area contributed by atoms with Crippen LogP contribution in [0.25, 0.3) is 10.8 Å². The summed E-state index contributed by atoms with van der Waals surface area (Å²) >= 11 is 0. The number of fused-ring (bicyclic) bond motifs is 1. The number of aromatic amines is 1. The summed E-state index contributed by atoms with van der Waals surface area (Å²) in [7, 11) is 0. The van der Waals surface area contributed by atoms with E-state index in [9.17, 15) is 9.59 Å². The Kier molecular flexibility index (Phi) is 8.36. The van der Waals surface area contributed by atoms with Crippen LogP contribution in [-0.4, -0.2) is 57.1 Å². The fourth-order valence-electron chi connectivity index (χ4n) is 3.83. The number of hydrogen-bond donors (Lipinski definition) is 1. The summed E-state index contributed by atoms with van der Waals surface area (Å²) in [6.07, 6.45) is 0.831. The lowest BCUT2D eigenvalue weighted by molar-refractivity contribution is -0.134. The summed E-state index contributed by atoms with van der Waals surface area (Å²) in [6, 6.07) is 8.07. The van der Waals surface area contributed by atoms with Gasteiger partial charge in [-0.2, -0.15) is 5.10 Å². The lowest BCUT2D eigenvalue weighted by Crippen LogP contribution is -2.61. The van der Waals surface area contributed by atoms with Crippen molar-refractivity contribution < 1.29 is 4.79 Å². The zero-order chi connectivity index (χ0) is 20.2. The van der Waals surface area contributed by atoms with Crippen molar-refractivity contribution in [3.63, 3.8) is 0 Å². The largest absolute Gasteiger partial charge is 0.340 e. The molecule has 0 unspecified atom stereocenters. The molecule has 0 radical (unpaired) electrons. The normalized spacial score (nSPS) is 16.3. The number of benzene rings is 1. The first-order valence-electron chi connectivity index (χ1n) is 9.66. The summed E-state index contributed by atoms with van der Waals surface area (Å²) in [5.74, 6) is 0.196. The maximum absolute atomic E-state index is 11.3. The fourth-order valence-corrected chi connectivity index (χ4v) is 3.83. The average molecular weight is 389 g/mol. The highest BCUT2D eigenvalue weighted by atomic mass is 16.2. The molecule has 1 aromatic carbocycles. The van der Waals surface area contributed by atoms with Crippen molar-refractivity contribution in [2.75, 3.05) is 19.6 Å². The second-order valence-corrected chi connectivity index (χ2v) is 7.94. The smallest absolute Gasteiger partial charge is 0.272 e. The second-order valence-electron chi connectivity index (χ2n) is 7.94. The molecule has 2 aromatic rings. The van der Waals surface area contributed by atoms with Crippen LogP contribution in [0.5, 0.6) is 0 Å². The number of amides is 1. The van der Waals surface area contributed by atoms with Gasteiger partial charge in [-0.25, -0.2) is 5.10 Å². The van der Waals surface area contributed by atoms with Gasteiger partial charge in [0.05, 0.1) is 11.1 Å². The van der Waals surface area contributed by atoms with Crippen LogP contribution in [0.3, 0.4) is 0 Å². The lowest BCUT2D eigenvalue weighted by Gasteiger charge is -2.49. The Balaban J connectivity index is 0.000000271. The van der Waals surface area contributed by atoms with Gasteiger partial charge in [0.15, 0.2) is 0 Å². The van der Waals surface area contributed by atoms with Crippen LogP contribution in [0.1, 0.15) is 54.7 Å². The van der Waals surface area contributed by atoms with Crippen molar-refractivity contribution in [1.82, 2.24) is 20.0 Å². The molecule has 0 atom stereocenters. The van der Waals surface area contributed by atoms with E-state index in [0.717, 1.165) is 37.1 Å². The summed E-state index contributed by atoms with van der Waals surface area (Å²) in [6.45, 7) is 15.2. The van der Waals surface area contributed by atoms with Crippen LogP contribution in [0, 0.1) is 0 Å². The third-order valence-corrected chi connectivity index (χ3v) is 5.14. The SMILES string of the molecule is C.CC(=O)N1CCN(C(C)C)C(C)(C)C1.CCc1n[nH]c(=O)c2ccccc12. The topological polar surface area (TPSA) is 69.3 Å².